The lowest BCUT2D eigenvalue weighted by atomic mass is 9.79. The monoisotopic (exact) mass is 433 g/mol. The second-order valence-corrected chi connectivity index (χ2v) is 9.13. The van der Waals surface area contributed by atoms with Crippen molar-refractivity contribution in [3.8, 4) is 11.3 Å². The van der Waals surface area contributed by atoms with Gasteiger partial charge in [-0.15, -0.1) is 0 Å². The van der Waals surface area contributed by atoms with Gasteiger partial charge in [-0.3, -0.25) is 9.78 Å². The first kappa shape index (κ1) is 22.1. The molecule has 0 unspecified atom stereocenters. The fourth-order valence-corrected chi connectivity index (χ4v) is 4.26. The highest BCUT2D eigenvalue weighted by Crippen LogP contribution is 2.39. The van der Waals surface area contributed by atoms with Gasteiger partial charge in [0.05, 0.1) is 22.5 Å². The van der Waals surface area contributed by atoms with E-state index in [2.05, 4.69) is 34.3 Å². The van der Waals surface area contributed by atoms with Gasteiger partial charge in [-0.1, -0.05) is 19.0 Å². The van der Waals surface area contributed by atoms with Crippen molar-refractivity contribution >= 4 is 5.91 Å². The van der Waals surface area contributed by atoms with Crippen molar-refractivity contribution in [2.75, 3.05) is 6.54 Å². The van der Waals surface area contributed by atoms with Crippen LogP contribution in [0.25, 0.3) is 11.3 Å². The molecule has 3 heterocycles. The highest BCUT2D eigenvalue weighted by atomic mass is 16.5. The highest BCUT2D eigenvalue weighted by molar-refractivity contribution is 5.93. The van der Waals surface area contributed by atoms with E-state index in [9.17, 15) is 4.79 Å². The molecule has 0 atom stereocenters. The van der Waals surface area contributed by atoms with Crippen LogP contribution < -0.4 is 5.32 Å². The molecule has 1 fully saturated rings. The van der Waals surface area contributed by atoms with Gasteiger partial charge < -0.3 is 9.84 Å². The summed E-state index contributed by atoms with van der Waals surface area (Å²) in [6.07, 6.45) is 7.68. The van der Waals surface area contributed by atoms with Gasteiger partial charge in [-0.2, -0.15) is 0 Å². The summed E-state index contributed by atoms with van der Waals surface area (Å²) < 4.78 is 5.54. The normalized spacial score (nSPS) is 18.7. The van der Waals surface area contributed by atoms with Gasteiger partial charge >= 0.3 is 0 Å². The van der Waals surface area contributed by atoms with Crippen molar-refractivity contribution in [3.63, 3.8) is 0 Å². The Kier molecular flexibility index (Phi) is 6.63. The maximum atomic E-state index is 12.4. The third-order valence-corrected chi connectivity index (χ3v) is 6.20. The Labute approximate surface area is 189 Å². The number of nitrogens with one attached hydrogen (secondary N) is 1. The van der Waals surface area contributed by atoms with Crippen LogP contribution >= 0.6 is 0 Å². The van der Waals surface area contributed by atoms with E-state index in [4.69, 9.17) is 9.51 Å². The number of aryl methyl sites for hydroxylation is 2. The van der Waals surface area contributed by atoms with Gasteiger partial charge in [-0.25, -0.2) is 9.97 Å². The van der Waals surface area contributed by atoms with Crippen molar-refractivity contribution < 1.29 is 9.32 Å². The molecular weight excluding hydrogens is 402 g/mol. The van der Waals surface area contributed by atoms with Crippen molar-refractivity contribution in [1.29, 1.82) is 0 Å². The molecule has 1 N–H and O–H groups in total. The SMILES string of the molecule is Cc1ccc(C(=O)NCC2CCC(c3nc(C(C)C)ncc3-c3cc(C)no3)CC2)cn1. The first-order valence-electron chi connectivity index (χ1n) is 11.4. The van der Waals surface area contributed by atoms with Crippen LogP contribution in [0.1, 0.15) is 84.6 Å². The Morgan fingerprint density at radius 2 is 1.88 bits per heavy atom. The second kappa shape index (κ2) is 9.59. The zero-order valence-electron chi connectivity index (χ0n) is 19.3. The average molecular weight is 434 g/mol. The van der Waals surface area contributed by atoms with Crippen molar-refractivity contribution in [2.24, 2.45) is 5.92 Å². The Morgan fingerprint density at radius 3 is 2.50 bits per heavy atom. The second-order valence-electron chi connectivity index (χ2n) is 9.13. The van der Waals surface area contributed by atoms with Crippen LogP contribution in [0.4, 0.5) is 0 Å². The van der Waals surface area contributed by atoms with Gasteiger partial charge in [-0.05, 0) is 57.6 Å². The zero-order chi connectivity index (χ0) is 22.7. The van der Waals surface area contributed by atoms with Crippen molar-refractivity contribution in [3.05, 3.63) is 59.1 Å². The maximum Gasteiger partial charge on any atom is 0.252 e. The molecule has 7 nitrogen and oxygen atoms in total. The molecule has 0 aliphatic heterocycles. The van der Waals surface area contributed by atoms with E-state index in [1.54, 1.807) is 6.20 Å². The van der Waals surface area contributed by atoms with Crippen molar-refractivity contribution in [1.82, 2.24) is 25.4 Å². The molecule has 0 saturated heterocycles. The topological polar surface area (TPSA) is 93.8 Å². The predicted molar refractivity (Wildman–Crippen MR) is 122 cm³/mol. The van der Waals surface area contributed by atoms with Crippen LogP contribution in [0.15, 0.2) is 35.1 Å². The molecule has 0 spiro atoms. The molecule has 0 aromatic carbocycles. The number of carbonyl (C=O) groups excluding carboxylic acids is 1. The fraction of sp³-hybridized carbons (Fsp3) is 0.480. The van der Waals surface area contributed by atoms with E-state index < -0.39 is 0 Å². The number of carbonyl (C=O) groups is 1. The number of amides is 1. The van der Waals surface area contributed by atoms with E-state index in [0.29, 0.717) is 23.9 Å². The van der Waals surface area contributed by atoms with E-state index in [1.165, 1.54) is 0 Å². The van der Waals surface area contributed by atoms with Gasteiger partial charge in [0.1, 0.15) is 5.82 Å². The third kappa shape index (κ3) is 5.03. The van der Waals surface area contributed by atoms with E-state index >= 15 is 0 Å². The lowest BCUT2D eigenvalue weighted by Gasteiger charge is -2.29. The largest absolute Gasteiger partial charge is 0.356 e. The number of rotatable bonds is 6. The molecule has 1 saturated carbocycles. The number of nitrogens with zero attached hydrogens (tertiary/aromatic N) is 4. The summed E-state index contributed by atoms with van der Waals surface area (Å²) in [6, 6.07) is 5.63. The van der Waals surface area contributed by atoms with Crippen LogP contribution in [-0.4, -0.2) is 32.6 Å². The summed E-state index contributed by atoms with van der Waals surface area (Å²) in [7, 11) is 0. The van der Waals surface area contributed by atoms with Gasteiger partial charge in [0.2, 0.25) is 0 Å². The van der Waals surface area contributed by atoms with Crippen molar-refractivity contribution in [2.45, 2.75) is 65.2 Å². The van der Waals surface area contributed by atoms with Gasteiger partial charge in [0.25, 0.3) is 5.91 Å². The molecule has 4 rings (SSSR count). The first-order chi connectivity index (χ1) is 15.4. The summed E-state index contributed by atoms with van der Waals surface area (Å²) in [5.41, 5.74) is 4.37. The Morgan fingerprint density at radius 1 is 1.09 bits per heavy atom. The van der Waals surface area contributed by atoms with E-state index in [1.807, 2.05) is 38.2 Å². The predicted octanol–water partition coefficient (Wildman–Crippen LogP) is 4.97. The van der Waals surface area contributed by atoms with Gasteiger partial charge in [0.15, 0.2) is 5.76 Å². The smallest absolute Gasteiger partial charge is 0.252 e. The molecule has 1 aliphatic carbocycles. The lowest BCUT2D eigenvalue weighted by molar-refractivity contribution is 0.0942. The maximum absolute atomic E-state index is 12.4. The molecule has 0 bridgehead atoms. The fourth-order valence-electron chi connectivity index (χ4n) is 4.26. The molecule has 3 aromatic heterocycles. The Bertz CT molecular complexity index is 1070. The molecule has 32 heavy (non-hydrogen) atoms. The summed E-state index contributed by atoms with van der Waals surface area (Å²) in [6.45, 7) is 8.74. The Balaban J connectivity index is 1.41. The van der Waals surface area contributed by atoms with E-state index in [0.717, 1.165) is 59.9 Å². The number of hydrogen-bond donors (Lipinski definition) is 1. The quantitative estimate of drug-likeness (QED) is 0.590. The highest BCUT2D eigenvalue weighted by Gasteiger charge is 2.28. The average Bonchev–Trinajstić information content (AvgIpc) is 3.24. The first-order valence-corrected chi connectivity index (χ1v) is 11.4. The van der Waals surface area contributed by atoms with Crippen LogP contribution in [0.2, 0.25) is 0 Å². The summed E-state index contributed by atoms with van der Waals surface area (Å²) in [5.74, 6) is 2.62. The van der Waals surface area contributed by atoms with Gasteiger partial charge in [0, 0.05) is 42.5 Å². The molecule has 7 heteroatoms. The third-order valence-electron chi connectivity index (χ3n) is 6.20. The number of hydrogen-bond acceptors (Lipinski definition) is 6. The van der Waals surface area contributed by atoms with Crippen LogP contribution in [0, 0.1) is 19.8 Å². The van der Waals surface area contributed by atoms with E-state index in [-0.39, 0.29) is 11.8 Å². The minimum atomic E-state index is -0.0556. The van der Waals surface area contributed by atoms with Crippen LogP contribution in [0.5, 0.6) is 0 Å². The molecule has 3 aromatic rings. The van der Waals surface area contributed by atoms with Crippen LogP contribution in [0.3, 0.4) is 0 Å². The minimum absolute atomic E-state index is 0.0556. The molecular formula is C25H31N5O2. The zero-order valence-corrected chi connectivity index (χ0v) is 19.3. The summed E-state index contributed by atoms with van der Waals surface area (Å²) in [4.78, 5) is 26.1. The lowest BCUT2D eigenvalue weighted by Crippen LogP contribution is -2.31. The molecule has 0 radical (unpaired) electrons. The standard InChI is InChI=1S/C25H31N5O2/c1-15(2)24-27-14-21(22-11-17(4)30-32-22)23(29-24)19-9-6-18(7-10-19)12-28-25(31)20-8-5-16(3)26-13-20/h5,8,11,13-15,18-19H,6-7,9-10,12H2,1-4H3,(H,28,31). The molecule has 1 amide bonds. The molecule has 1 aliphatic rings. The minimum Gasteiger partial charge on any atom is -0.356 e. The van der Waals surface area contributed by atoms with Crippen LogP contribution in [-0.2, 0) is 0 Å². The number of pyridine rings is 1. The number of aromatic nitrogens is 4. The Hall–Kier alpha value is -3.09. The molecule has 168 valence electrons. The summed E-state index contributed by atoms with van der Waals surface area (Å²) in [5, 5.41) is 7.12. The summed E-state index contributed by atoms with van der Waals surface area (Å²) >= 11 is 0.